The van der Waals surface area contributed by atoms with Crippen LogP contribution in [0.25, 0.3) is 0 Å². The number of amides is 3. The van der Waals surface area contributed by atoms with Crippen molar-refractivity contribution in [2.75, 3.05) is 60.4 Å². The van der Waals surface area contributed by atoms with Gasteiger partial charge < -0.3 is 39.5 Å². The van der Waals surface area contributed by atoms with Gasteiger partial charge in [-0.1, -0.05) is 0 Å². The topological polar surface area (TPSA) is 116 Å². The number of hydrogen-bond acceptors (Lipinski definition) is 9. The molecule has 0 aliphatic carbocycles. The Kier molecular flexibility index (Phi) is 13.4. The Hall–Kier alpha value is -2.31. The van der Waals surface area contributed by atoms with Crippen LogP contribution in [0.5, 0.6) is 0 Å². The van der Waals surface area contributed by atoms with Crippen LogP contribution >= 0.6 is 0 Å². The van der Waals surface area contributed by atoms with Crippen molar-refractivity contribution in [1.82, 2.24) is 30.2 Å². The first-order valence-electron chi connectivity index (χ1n) is 17.4. The molecule has 0 aromatic heterocycles. The van der Waals surface area contributed by atoms with Crippen LogP contribution in [0.2, 0.25) is 0 Å². The SMILES string of the molecule is CNC1CCN(C(=O)OC(C)(C)CCC(C)(C)OC(=O)N2CCC(C(NC)N(C)C3CCN(C(=O)OC(C)(C)C)CC3)CC2)CC1. The van der Waals surface area contributed by atoms with Gasteiger partial charge in [-0.2, -0.15) is 0 Å². The first kappa shape index (κ1) is 38.1. The second kappa shape index (κ2) is 16.2. The Morgan fingerprint density at radius 1 is 0.674 bits per heavy atom. The average Bonchev–Trinajstić information content (AvgIpc) is 2.99. The van der Waals surface area contributed by atoms with E-state index in [1.165, 1.54) is 0 Å². The Bertz CT molecular complexity index is 993. The predicted molar refractivity (Wildman–Crippen MR) is 180 cm³/mol. The molecule has 3 amide bonds. The molecule has 0 aromatic rings. The number of carbonyl (C=O) groups excluding carboxylic acids is 3. The molecule has 1 unspecified atom stereocenters. The molecule has 0 saturated carbocycles. The highest BCUT2D eigenvalue weighted by Gasteiger charge is 2.37. The molecular weight excluding hydrogens is 588 g/mol. The van der Waals surface area contributed by atoms with Crippen LogP contribution < -0.4 is 10.6 Å². The third-order valence-corrected chi connectivity index (χ3v) is 9.89. The highest BCUT2D eigenvalue weighted by Crippen LogP contribution is 2.30. The zero-order valence-electron chi connectivity index (χ0n) is 30.4. The number of carbonyl (C=O) groups is 3. The van der Waals surface area contributed by atoms with Crippen molar-refractivity contribution in [3.63, 3.8) is 0 Å². The Morgan fingerprint density at radius 3 is 1.46 bits per heavy atom. The molecule has 1 atom stereocenters. The molecule has 3 heterocycles. The Balaban J connectivity index is 1.41. The number of rotatable bonds is 10. The molecule has 0 spiro atoms. The molecule has 3 aliphatic heterocycles. The maximum Gasteiger partial charge on any atom is 0.410 e. The van der Waals surface area contributed by atoms with E-state index >= 15 is 0 Å². The summed E-state index contributed by atoms with van der Waals surface area (Å²) in [4.78, 5) is 46.4. The van der Waals surface area contributed by atoms with Crippen molar-refractivity contribution < 1.29 is 28.6 Å². The number of hydrogen-bond donors (Lipinski definition) is 2. The minimum atomic E-state index is -0.690. The Labute approximate surface area is 278 Å². The summed E-state index contributed by atoms with van der Waals surface area (Å²) in [6.45, 7) is 17.5. The summed E-state index contributed by atoms with van der Waals surface area (Å²) in [6.07, 6.45) is 5.99. The highest BCUT2D eigenvalue weighted by molar-refractivity contribution is 5.69. The van der Waals surface area contributed by atoms with Gasteiger partial charge >= 0.3 is 18.3 Å². The number of ether oxygens (including phenoxy) is 3. The molecule has 12 heteroatoms. The minimum absolute atomic E-state index is 0.187. The summed E-state index contributed by atoms with van der Waals surface area (Å²) in [6, 6.07) is 0.820. The van der Waals surface area contributed by atoms with Gasteiger partial charge in [-0.15, -0.1) is 0 Å². The quantitative estimate of drug-likeness (QED) is 0.252. The summed E-state index contributed by atoms with van der Waals surface area (Å²) >= 11 is 0. The largest absolute Gasteiger partial charge is 0.444 e. The van der Waals surface area contributed by atoms with Gasteiger partial charge in [-0.3, -0.25) is 4.90 Å². The smallest absolute Gasteiger partial charge is 0.410 e. The molecule has 3 rings (SSSR count). The third kappa shape index (κ3) is 11.4. The molecule has 12 nitrogen and oxygen atoms in total. The van der Waals surface area contributed by atoms with Gasteiger partial charge in [-0.05, 0) is 127 Å². The highest BCUT2D eigenvalue weighted by atomic mass is 16.6. The van der Waals surface area contributed by atoms with E-state index in [2.05, 4.69) is 22.6 Å². The van der Waals surface area contributed by atoms with E-state index in [-0.39, 0.29) is 24.4 Å². The number of nitrogens with one attached hydrogen (secondary N) is 2. The van der Waals surface area contributed by atoms with Crippen LogP contribution in [-0.2, 0) is 14.2 Å². The van der Waals surface area contributed by atoms with Gasteiger partial charge in [0.25, 0.3) is 0 Å². The lowest BCUT2D eigenvalue weighted by molar-refractivity contribution is -0.0323. The van der Waals surface area contributed by atoms with Crippen molar-refractivity contribution >= 4 is 18.3 Å². The predicted octanol–water partition coefficient (Wildman–Crippen LogP) is 4.87. The van der Waals surface area contributed by atoms with Gasteiger partial charge in [-0.25, -0.2) is 14.4 Å². The fourth-order valence-electron chi connectivity index (χ4n) is 6.84. The van der Waals surface area contributed by atoms with Gasteiger partial charge in [0.15, 0.2) is 0 Å². The van der Waals surface area contributed by atoms with Crippen LogP contribution in [0.1, 0.15) is 99.8 Å². The molecule has 3 saturated heterocycles. The molecule has 0 aromatic carbocycles. The number of likely N-dealkylation sites (tertiary alicyclic amines) is 3. The molecule has 0 radical (unpaired) electrons. The van der Waals surface area contributed by atoms with Gasteiger partial charge in [0.2, 0.25) is 0 Å². The average molecular weight is 653 g/mol. The van der Waals surface area contributed by atoms with Crippen molar-refractivity contribution in [3.8, 4) is 0 Å². The van der Waals surface area contributed by atoms with Crippen LogP contribution in [0.15, 0.2) is 0 Å². The zero-order chi connectivity index (χ0) is 34.3. The van der Waals surface area contributed by atoms with Crippen molar-refractivity contribution in [3.05, 3.63) is 0 Å². The first-order valence-corrected chi connectivity index (χ1v) is 17.4. The normalized spacial score (nSPS) is 20.5. The first-order chi connectivity index (χ1) is 21.4. The molecule has 0 bridgehead atoms. The standard InChI is InChI=1S/C34H64N6O6/c1-32(2,3)44-29(41)40-23-15-27(16-24-40)37(10)28(36-9)25-11-19-38(20-12-25)30(42)45-33(4,5)17-18-34(6,7)46-31(43)39-21-13-26(35-8)14-22-39/h25-28,35-36H,11-24H2,1-10H3. The third-order valence-electron chi connectivity index (χ3n) is 9.89. The summed E-state index contributed by atoms with van der Waals surface area (Å²) in [5, 5.41) is 6.81. The fraction of sp³-hybridized carbons (Fsp3) is 0.912. The molecule has 266 valence electrons. The number of nitrogens with zero attached hydrogens (tertiary/aromatic N) is 4. The maximum absolute atomic E-state index is 13.2. The van der Waals surface area contributed by atoms with Crippen LogP contribution in [0.4, 0.5) is 14.4 Å². The zero-order valence-corrected chi connectivity index (χ0v) is 30.4. The van der Waals surface area contributed by atoms with Crippen LogP contribution in [0.3, 0.4) is 0 Å². The van der Waals surface area contributed by atoms with E-state index in [1.54, 1.807) is 4.90 Å². The van der Waals surface area contributed by atoms with Gasteiger partial charge in [0.1, 0.15) is 16.8 Å². The van der Waals surface area contributed by atoms with Crippen LogP contribution in [-0.4, -0.2) is 133 Å². The molecular formula is C34H64N6O6. The lowest BCUT2D eigenvalue weighted by atomic mass is 9.91. The summed E-state index contributed by atoms with van der Waals surface area (Å²) in [5.74, 6) is 0.399. The second-order valence-electron chi connectivity index (χ2n) is 15.7. The van der Waals surface area contributed by atoms with Crippen LogP contribution in [0, 0.1) is 5.92 Å². The summed E-state index contributed by atoms with van der Waals surface area (Å²) in [5.41, 5.74) is -1.85. The van der Waals surface area contributed by atoms with E-state index in [9.17, 15) is 14.4 Å². The molecule has 3 aliphatic rings. The van der Waals surface area contributed by atoms with E-state index in [1.807, 2.05) is 72.4 Å². The van der Waals surface area contributed by atoms with Crippen molar-refractivity contribution in [2.24, 2.45) is 5.92 Å². The second-order valence-corrected chi connectivity index (χ2v) is 15.7. The number of piperidine rings is 3. The van der Waals surface area contributed by atoms with Gasteiger partial charge in [0, 0.05) is 51.4 Å². The van der Waals surface area contributed by atoms with Crippen molar-refractivity contribution in [2.45, 2.75) is 135 Å². The summed E-state index contributed by atoms with van der Waals surface area (Å²) < 4.78 is 17.5. The lowest BCUT2D eigenvalue weighted by Gasteiger charge is -2.45. The summed E-state index contributed by atoms with van der Waals surface area (Å²) in [7, 11) is 6.13. The van der Waals surface area contributed by atoms with E-state index < -0.39 is 16.8 Å². The molecule has 46 heavy (non-hydrogen) atoms. The molecule has 3 fully saturated rings. The van der Waals surface area contributed by atoms with Crippen molar-refractivity contribution in [1.29, 1.82) is 0 Å². The fourth-order valence-corrected chi connectivity index (χ4v) is 6.84. The van der Waals surface area contributed by atoms with E-state index in [0.717, 1.165) is 38.5 Å². The monoisotopic (exact) mass is 652 g/mol. The van der Waals surface area contributed by atoms with Gasteiger partial charge in [0.05, 0.1) is 6.17 Å². The minimum Gasteiger partial charge on any atom is -0.444 e. The lowest BCUT2D eigenvalue weighted by Crippen LogP contribution is -2.56. The van der Waals surface area contributed by atoms with E-state index in [4.69, 9.17) is 14.2 Å². The Morgan fingerprint density at radius 2 is 1.07 bits per heavy atom. The maximum atomic E-state index is 13.2. The molecule has 2 N–H and O–H groups in total. The van der Waals surface area contributed by atoms with E-state index in [0.29, 0.717) is 70.1 Å².